The van der Waals surface area contributed by atoms with Crippen molar-refractivity contribution in [1.82, 2.24) is 0 Å². The second-order valence-corrected chi connectivity index (χ2v) is 7.41. The number of hydrogen-bond donors (Lipinski definition) is 0. The maximum absolute atomic E-state index is 11.3. The van der Waals surface area contributed by atoms with Crippen LogP contribution in [0.3, 0.4) is 0 Å². The van der Waals surface area contributed by atoms with Crippen LogP contribution in [0.15, 0.2) is 0 Å². The summed E-state index contributed by atoms with van der Waals surface area (Å²) in [4.78, 5) is 11.3. The van der Waals surface area contributed by atoms with Crippen molar-refractivity contribution in [1.29, 1.82) is 0 Å². The van der Waals surface area contributed by atoms with Gasteiger partial charge in [0.2, 0.25) is 0 Å². The fraction of sp³-hybridized carbons (Fsp3) is 0.952. The Hall–Kier alpha value is -0.0400. The van der Waals surface area contributed by atoms with Crippen molar-refractivity contribution in [3.63, 3.8) is 0 Å². The molecule has 2 heteroatoms. The van der Waals surface area contributed by atoms with E-state index in [0.717, 1.165) is 12.8 Å². The molecule has 1 nitrogen and oxygen atoms in total. The number of ketones is 1. The van der Waals surface area contributed by atoms with Crippen LogP contribution in [0, 0.1) is 0 Å². The molecule has 0 radical (unpaired) electrons. The molecule has 0 rings (SSSR count). The van der Waals surface area contributed by atoms with Crippen LogP contribution in [-0.4, -0.2) is 11.7 Å². The van der Waals surface area contributed by atoms with Gasteiger partial charge in [-0.25, -0.2) is 0 Å². The lowest BCUT2D eigenvalue weighted by Gasteiger charge is -2.03. The van der Waals surface area contributed by atoms with Crippen LogP contribution < -0.4 is 0 Å². The molecule has 0 aliphatic heterocycles. The normalized spacial score (nSPS) is 11.0. The van der Waals surface area contributed by atoms with E-state index in [1.807, 2.05) is 0 Å². The summed E-state index contributed by atoms with van der Waals surface area (Å²) in [5, 5.41) is 0. The Balaban J connectivity index is 3.01. The quantitative estimate of drug-likeness (QED) is 0.172. The molecule has 0 fully saturated rings. The standard InChI is InChI=1S/C21H41ClO/c1-2-3-4-5-6-7-8-9-10-11-12-13-14-15-16-17-18-21(23)19-20-22/h2-20H2,1H3. The highest BCUT2D eigenvalue weighted by Crippen LogP contribution is 2.14. The van der Waals surface area contributed by atoms with Gasteiger partial charge in [0, 0.05) is 18.7 Å². The molecule has 0 heterocycles. The summed E-state index contributed by atoms with van der Waals surface area (Å²) in [5.41, 5.74) is 0. The minimum absolute atomic E-state index is 0.338. The Morgan fingerprint density at radius 1 is 0.565 bits per heavy atom. The number of alkyl halides is 1. The number of rotatable bonds is 19. The highest BCUT2D eigenvalue weighted by molar-refractivity contribution is 6.19. The molecule has 0 saturated heterocycles. The van der Waals surface area contributed by atoms with E-state index in [0.29, 0.717) is 18.1 Å². The van der Waals surface area contributed by atoms with E-state index < -0.39 is 0 Å². The number of unbranched alkanes of at least 4 members (excludes halogenated alkanes) is 15. The second kappa shape index (κ2) is 20.0. The molecular formula is C21H41ClO. The Kier molecular flexibility index (Phi) is 20.0. The van der Waals surface area contributed by atoms with Gasteiger partial charge in [-0.05, 0) is 6.42 Å². The van der Waals surface area contributed by atoms with Gasteiger partial charge < -0.3 is 0 Å². The zero-order valence-electron chi connectivity index (χ0n) is 15.7. The van der Waals surface area contributed by atoms with Crippen LogP contribution >= 0.6 is 11.6 Å². The monoisotopic (exact) mass is 344 g/mol. The molecule has 0 aromatic heterocycles. The maximum Gasteiger partial charge on any atom is 0.134 e. The summed E-state index contributed by atoms with van der Waals surface area (Å²) in [6.07, 6.45) is 23.3. The molecule has 0 aliphatic carbocycles. The van der Waals surface area contributed by atoms with Gasteiger partial charge in [0.25, 0.3) is 0 Å². The largest absolute Gasteiger partial charge is 0.300 e. The predicted molar refractivity (Wildman–Crippen MR) is 105 cm³/mol. The summed E-state index contributed by atoms with van der Waals surface area (Å²) >= 11 is 5.55. The van der Waals surface area contributed by atoms with Crippen molar-refractivity contribution >= 4 is 17.4 Å². The highest BCUT2D eigenvalue weighted by Gasteiger charge is 2.00. The second-order valence-electron chi connectivity index (χ2n) is 7.03. The van der Waals surface area contributed by atoms with E-state index in [1.54, 1.807) is 0 Å². The summed E-state index contributed by atoms with van der Waals surface area (Å²) in [6.45, 7) is 2.28. The van der Waals surface area contributed by atoms with E-state index >= 15 is 0 Å². The van der Waals surface area contributed by atoms with Crippen LogP contribution in [-0.2, 0) is 4.79 Å². The maximum atomic E-state index is 11.3. The summed E-state index contributed by atoms with van der Waals surface area (Å²) in [6, 6.07) is 0. The van der Waals surface area contributed by atoms with Crippen LogP contribution in [0.25, 0.3) is 0 Å². The first kappa shape index (κ1) is 23.0. The summed E-state index contributed by atoms with van der Waals surface area (Å²) < 4.78 is 0. The minimum Gasteiger partial charge on any atom is -0.300 e. The van der Waals surface area contributed by atoms with Crippen LogP contribution in [0.4, 0.5) is 0 Å². The van der Waals surface area contributed by atoms with Crippen molar-refractivity contribution in [2.75, 3.05) is 5.88 Å². The predicted octanol–water partition coefficient (Wildman–Crippen LogP) is 7.84. The van der Waals surface area contributed by atoms with E-state index in [4.69, 9.17) is 11.6 Å². The fourth-order valence-corrected chi connectivity index (χ4v) is 3.31. The summed E-state index contributed by atoms with van der Waals surface area (Å²) in [5.74, 6) is 0.822. The van der Waals surface area contributed by atoms with Gasteiger partial charge in [0.15, 0.2) is 0 Å². The molecule has 0 bridgehead atoms. The third kappa shape index (κ3) is 19.9. The lowest BCUT2D eigenvalue weighted by atomic mass is 10.0. The molecule has 23 heavy (non-hydrogen) atoms. The molecule has 0 saturated carbocycles. The minimum atomic E-state index is 0.338. The van der Waals surface area contributed by atoms with E-state index in [2.05, 4.69) is 6.92 Å². The number of carbonyl (C=O) groups is 1. The van der Waals surface area contributed by atoms with Crippen molar-refractivity contribution in [2.45, 2.75) is 122 Å². The van der Waals surface area contributed by atoms with Crippen molar-refractivity contribution in [3.8, 4) is 0 Å². The lowest BCUT2D eigenvalue weighted by molar-refractivity contribution is -0.118. The fourth-order valence-electron chi connectivity index (χ4n) is 3.10. The molecule has 0 aliphatic rings. The Morgan fingerprint density at radius 3 is 1.26 bits per heavy atom. The SMILES string of the molecule is CCCCCCCCCCCCCCCCCCC(=O)CCCl. The zero-order valence-corrected chi connectivity index (χ0v) is 16.5. The van der Waals surface area contributed by atoms with E-state index in [-0.39, 0.29) is 0 Å². The first-order valence-corrected chi connectivity index (χ1v) is 10.9. The highest BCUT2D eigenvalue weighted by atomic mass is 35.5. The number of halogens is 1. The van der Waals surface area contributed by atoms with Crippen LogP contribution in [0.5, 0.6) is 0 Å². The molecule has 138 valence electrons. The molecule has 0 aromatic carbocycles. The van der Waals surface area contributed by atoms with Gasteiger partial charge in [-0.1, -0.05) is 103 Å². The Morgan fingerprint density at radius 2 is 0.913 bits per heavy atom. The molecule has 0 amide bonds. The molecule has 0 atom stereocenters. The van der Waals surface area contributed by atoms with Crippen molar-refractivity contribution < 1.29 is 4.79 Å². The molecule has 0 N–H and O–H groups in total. The van der Waals surface area contributed by atoms with Gasteiger partial charge in [-0.3, -0.25) is 4.79 Å². The van der Waals surface area contributed by atoms with Gasteiger partial charge in [0.05, 0.1) is 0 Å². The number of Topliss-reactive ketones (excluding diaryl/α,β-unsaturated/α-hetero) is 1. The van der Waals surface area contributed by atoms with Crippen molar-refractivity contribution in [2.24, 2.45) is 0 Å². The molecular weight excluding hydrogens is 304 g/mol. The average molecular weight is 345 g/mol. The third-order valence-electron chi connectivity index (χ3n) is 4.68. The first-order valence-electron chi connectivity index (χ1n) is 10.4. The topological polar surface area (TPSA) is 17.1 Å². The van der Waals surface area contributed by atoms with Gasteiger partial charge in [-0.15, -0.1) is 11.6 Å². The first-order chi connectivity index (χ1) is 11.3. The Bertz CT molecular complexity index is 240. The van der Waals surface area contributed by atoms with Crippen LogP contribution in [0.2, 0.25) is 0 Å². The molecule has 0 spiro atoms. The van der Waals surface area contributed by atoms with Crippen molar-refractivity contribution in [3.05, 3.63) is 0 Å². The average Bonchev–Trinajstić information content (AvgIpc) is 2.54. The number of hydrogen-bond acceptors (Lipinski definition) is 1. The summed E-state index contributed by atoms with van der Waals surface area (Å²) in [7, 11) is 0. The zero-order chi connectivity index (χ0) is 17.0. The molecule has 0 unspecified atom stereocenters. The van der Waals surface area contributed by atoms with Gasteiger partial charge in [0.1, 0.15) is 5.78 Å². The smallest absolute Gasteiger partial charge is 0.134 e. The third-order valence-corrected chi connectivity index (χ3v) is 4.87. The van der Waals surface area contributed by atoms with Crippen LogP contribution in [0.1, 0.15) is 122 Å². The Labute approximate surface area is 151 Å². The molecule has 0 aromatic rings. The van der Waals surface area contributed by atoms with Gasteiger partial charge in [-0.2, -0.15) is 0 Å². The van der Waals surface area contributed by atoms with E-state index in [1.165, 1.54) is 96.3 Å². The van der Waals surface area contributed by atoms with E-state index in [9.17, 15) is 4.79 Å². The van der Waals surface area contributed by atoms with Gasteiger partial charge >= 0.3 is 0 Å². The number of carbonyl (C=O) groups excluding carboxylic acids is 1. The lowest BCUT2D eigenvalue weighted by Crippen LogP contribution is -1.97.